The minimum Gasteiger partial charge on any atom is -0.424 e. The Labute approximate surface area is 214 Å². The molecule has 1 atom stereocenters. The van der Waals surface area contributed by atoms with Crippen molar-refractivity contribution in [1.82, 2.24) is 0 Å². The van der Waals surface area contributed by atoms with E-state index in [4.69, 9.17) is 9.47 Å². The monoisotopic (exact) mass is 492 g/mol. The van der Waals surface area contributed by atoms with Crippen molar-refractivity contribution in [2.45, 2.75) is 95.8 Å². The van der Waals surface area contributed by atoms with Crippen molar-refractivity contribution in [2.75, 3.05) is 13.2 Å². The molecule has 1 heterocycles. The van der Waals surface area contributed by atoms with Gasteiger partial charge in [-0.1, -0.05) is 87.4 Å². The van der Waals surface area contributed by atoms with E-state index in [2.05, 4.69) is 50.0 Å². The van der Waals surface area contributed by atoms with Crippen LogP contribution in [0.1, 0.15) is 84.5 Å². The molecular formula is C31H44O3Si. The van der Waals surface area contributed by atoms with Crippen LogP contribution in [0.5, 0.6) is 0 Å². The highest BCUT2D eigenvalue weighted by atomic mass is 28.4. The van der Waals surface area contributed by atoms with Gasteiger partial charge in [0.1, 0.15) is 0 Å². The van der Waals surface area contributed by atoms with Crippen LogP contribution in [0.15, 0.2) is 60.7 Å². The second kappa shape index (κ2) is 14.6. The molecule has 0 radical (unpaired) electrons. The van der Waals surface area contributed by atoms with Crippen molar-refractivity contribution in [3.05, 3.63) is 60.7 Å². The standard InChI is InChI=1S/C31H44O3Si/c1-31(2,35(32,28-20-12-10-13-21-28)29-22-14-11-15-23-29)25-17-8-6-4-3-5-7-9-18-26-33-30-24-16-19-27-34-30/h10-15,20-23,30,32H,4,6-9,16-19,24-27H2,1-2H3. The van der Waals surface area contributed by atoms with Crippen LogP contribution in [0.4, 0.5) is 0 Å². The zero-order valence-electron chi connectivity index (χ0n) is 21.8. The summed E-state index contributed by atoms with van der Waals surface area (Å²) in [5.41, 5.74) is 0. The average molecular weight is 493 g/mol. The lowest BCUT2D eigenvalue weighted by Crippen LogP contribution is -2.65. The van der Waals surface area contributed by atoms with Crippen LogP contribution in [0, 0.1) is 11.8 Å². The molecule has 35 heavy (non-hydrogen) atoms. The van der Waals surface area contributed by atoms with E-state index in [9.17, 15) is 4.80 Å². The fraction of sp³-hybridized carbons (Fsp3) is 0.548. The summed E-state index contributed by atoms with van der Waals surface area (Å²) in [4.78, 5) is 12.2. The Morgan fingerprint density at radius 2 is 1.46 bits per heavy atom. The second-order valence-corrected chi connectivity index (χ2v) is 14.3. The molecule has 1 unspecified atom stereocenters. The first kappa shape index (κ1) is 27.7. The van der Waals surface area contributed by atoms with E-state index in [1.807, 2.05) is 36.4 Å². The Morgan fingerprint density at radius 1 is 0.857 bits per heavy atom. The molecule has 3 rings (SSSR count). The first-order valence-electron chi connectivity index (χ1n) is 13.6. The number of unbranched alkanes of at least 4 members (excludes halogenated alkanes) is 5. The van der Waals surface area contributed by atoms with Gasteiger partial charge in [-0.25, -0.2) is 0 Å². The summed E-state index contributed by atoms with van der Waals surface area (Å²) in [5, 5.41) is 2.03. The molecule has 2 aromatic carbocycles. The largest absolute Gasteiger partial charge is 0.424 e. The molecule has 1 N–H and O–H groups in total. The summed E-state index contributed by atoms with van der Waals surface area (Å²) in [5.74, 6) is 6.68. The molecule has 2 aromatic rings. The predicted octanol–water partition coefficient (Wildman–Crippen LogP) is 6.19. The summed E-state index contributed by atoms with van der Waals surface area (Å²) in [6.07, 6.45) is 11.9. The molecule has 1 fully saturated rings. The molecule has 0 spiro atoms. The number of rotatable bonds is 13. The molecule has 0 amide bonds. The first-order chi connectivity index (χ1) is 17.0. The maximum Gasteiger partial charge on any atom is 0.258 e. The van der Waals surface area contributed by atoms with Crippen LogP contribution in [-0.4, -0.2) is 32.6 Å². The lowest BCUT2D eigenvalue weighted by Gasteiger charge is -2.41. The normalized spacial score (nSPS) is 16.5. The molecule has 0 aliphatic carbocycles. The molecule has 1 aliphatic heterocycles. The average Bonchev–Trinajstić information content (AvgIpc) is 2.90. The highest BCUT2D eigenvalue weighted by Crippen LogP contribution is 2.40. The Balaban J connectivity index is 1.36. The highest BCUT2D eigenvalue weighted by Gasteiger charge is 2.49. The smallest absolute Gasteiger partial charge is 0.258 e. The summed E-state index contributed by atoms with van der Waals surface area (Å²) in [7, 11) is -2.88. The van der Waals surface area contributed by atoms with Gasteiger partial charge in [-0.05, 0) is 60.4 Å². The number of ether oxygens (including phenoxy) is 2. The topological polar surface area (TPSA) is 38.7 Å². The summed E-state index contributed by atoms with van der Waals surface area (Å²) >= 11 is 0. The minimum atomic E-state index is -2.88. The Hall–Kier alpha value is -1.90. The maximum atomic E-state index is 12.2. The number of hydrogen-bond acceptors (Lipinski definition) is 3. The van der Waals surface area contributed by atoms with Gasteiger partial charge < -0.3 is 14.3 Å². The molecule has 190 valence electrons. The number of benzene rings is 2. The zero-order valence-corrected chi connectivity index (χ0v) is 22.8. The van der Waals surface area contributed by atoms with Gasteiger partial charge >= 0.3 is 0 Å². The molecule has 3 nitrogen and oxygen atoms in total. The molecule has 1 saturated heterocycles. The lowest BCUT2D eigenvalue weighted by atomic mass is 10.0. The van der Waals surface area contributed by atoms with Gasteiger partial charge in [0.2, 0.25) is 0 Å². The lowest BCUT2D eigenvalue weighted by molar-refractivity contribution is -0.162. The Kier molecular flexibility index (Phi) is 11.6. The fourth-order valence-corrected chi connectivity index (χ4v) is 8.78. The van der Waals surface area contributed by atoms with E-state index in [1.54, 1.807) is 0 Å². The summed E-state index contributed by atoms with van der Waals surface area (Å²) in [6, 6.07) is 20.6. The summed E-state index contributed by atoms with van der Waals surface area (Å²) in [6.45, 7) is 6.13. The van der Waals surface area contributed by atoms with Crippen LogP contribution in [0.25, 0.3) is 0 Å². The quantitative estimate of drug-likeness (QED) is 0.206. The van der Waals surface area contributed by atoms with Crippen LogP contribution < -0.4 is 10.4 Å². The Bertz CT molecular complexity index is 856. The third kappa shape index (κ3) is 8.32. The highest BCUT2D eigenvalue weighted by molar-refractivity contribution is 6.98. The SMILES string of the molecule is CC(C)(CCCCCC#CCCCCOC1CCCCO1)[Si](O)(c1ccccc1)c1ccccc1. The molecular weight excluding hydrogens is 448 g/mol. The van der Waals surface area contributed by atoms with Gasteiger partial charge in [0.05, 0.1) is 0 Å². The van der Waals surface area contributed by atoms with Crippen LogP contribution in [0.2, 0.25) is 5.04 Å². The first-order valence-corrected chi connectivity index (χ1v) is 15.5. The van der Waals surface area contributed by atoms with Gasteiger partial charge in [-0.2, -0.15) is 0 Å². The van der Waals surface area contributed by atoms with Gasteiger partial charge in [0.15, 0.2) is 6.29 Å². The van der Waals surface area contributed by atoms with Crippen LogP contribution in [0.3, 0.4) is 0 Å². The zero-order chi connectivity index (χ0) is 24.8. The van der Waals surface area contributed by atoms with Crippen molar-refractivity contribution in [3.63, 3.8) is 0 Å². The summed E-state index contributed by atoms with van der Waals surface area (Å²) < 4.78 is 11.4. The van der Waals surface area contributed by atoms with Crippen LogP contribution in [-0.2, 0) is 9.47 Å². The van der Waals surface area contributed by atoms with Crippen molar-refractivity contribution in [1.29, 1.82) is 0 Å². The molecule has 0 bridgehead atoms. The van der Waals surface area contributed by atoms with Gasteiger partial charge in [0.25, 0.3) is 8.32 Å². The van der Waals surface area contributed by atoms with Crippen molar-refractivity contribution >= 4 is 18.7 Å². The maximum absolute atomic E-state index is 12.2. The molecule has 4 heteroatoms. The predicted molar refractivity (Wildman–Crippen MR) is 148 cm³/mol. The van der Waals surface area contributed by atoms with E-state index in [0.717, 1.165) is 81.4 Å². The van der Waals surface area contributed by atoms with E-state index in [-0.39, 0.29) is 11.3 Å². The van der Waals surface area contributed by atoms with Gasteiger partial charge in [-0.15, -0.1) is 11.8 Å². The van der Waals surface area contributed by atoms with E-state index in [1.165, 1.54) is 12.8 Å². The van der Waals surface area contributed by atoms with E-state index in [0.29, 0.717) is 0 Å². The van der Waals surface area contributed by atoms with Gasteiger partial charge in [-0.3, -0.25) is 0 Å². The third-order valence-corrected chi connectivity index (χ3v) is 11.8. The molecule has 0 saturated carbocycles. The van der Waals surface area contributed by atoms with Crippen molar-refractivity contribution in [2.24, 2.45) is 0 Å². The van der Waals surface area contributed by atoms with E-state index >= 15 is 0 Å². The number of hydrogen-bond donors (Lipinski definition) is 1. The molecule has 1 aliphatic rings. The van der Waals surface area contributed by atoms with Crippen molar-refractivity contribution < 1.29 is 14.3 Å². The Morgan fingerprint density at radius 3 is 2.03 bits per heavy atom. The second-order valence-electron chi connectivity index (χ2n) is 10.4. The van der Waals surface area contributed by atoms with Crippen molar-refractivity contribution in [3.8, 4) is 11.8 Å². The van der Waals surface area contributed by atoms with Crippen LogP contribution >= 0.6 is 0 Å². The molecule has 0 aromatic heterocycles. The fourth-order valence-electron chi connectivity index (χ4n) is 4.99. The van der Waals surface area contributed by atoms with E-state index < -0.39 is 8.32 Å². The van der Waals surface area contributed by atoms with Gasteiger partial charge in [0, 0.05) is 26.1 Å². The third-order valence-electron chi connectivity index (χ3n) is 7.23. The minimum absolute atomic E-state index is 0.0267.